The molecule has 0 bridgehead atoms. The first-order chi connectivity index (χ1) is 16.9. The summed E-state index contributed by atoms with van der Waals surface area (Å²) in [5, 5.41) is 27.9. The van der Waals surface area contributed by atoms with E-state index in [0.29, 0.717) is 22.8 Å². The summed E-state index contributed by atoms with van der Waals surface area (Å²) in [4.78, 5) is 35.9. The third-order valence-electron chi connectivity index (χ3n) is 7.45. The van der Waals surface area contributed by atoms with Crippen molar-refractivity contribution in [2.24, 2.45) is 11.8 Å². The minimum atomic E-state index is -1.57. The minimum absolute atomic E-state index is 0.0243. The van der Waals surface area contributed by atoms with Crippen LogP contribution < -0.4 is 16.4 Å². The van der Waals surface area contributed by atoms with Crippen molar-refractivity contribution in [3.8, 4) is 0 Å². The number of carbonyl (C=O) groups is 2. The molecule has 14 heteroatoms. The predicted molar refractivity (Wildman–Crippen MR) is 123 cm³/mol. The highest BCUT2D eigenvalue weighted by Crippen LogP contribution is 2.62. The molecule has 4 unspecified atom stereocenters. The Kier molecular flexibility index (Phi) is 5.51. The number of imidazole rings is 1. The van der Waals surface area contributed by atoms with Gasteiger partial charge >= 0.3 is 12.0 Å². The fourth-order valence-electron chi connectivity index (χ4n) is 5.55. The zero-order valence-corrected chi connectivity index (χ0v) is 19.6. The van der Waals surface area contributed by atoms with Crippen LogP contribution in [-0.4, -0.2) is 83.3 Å². The van der Waals surface area contributed by atoms with Gasteiger partial charge in [-0.25, -0.2) is 19.7 Å². The average molecular weight is 506 g/mol. The summed E-state index contributed by atoms with van der Waals surface area (Å²) in [5.41, 5.74) is 6.59. The number of nitrogen functional groups attached to an aromatic ring is 1. The second kappa shape index (κ2) is 8.47. The molecule has 2 aromatic rings. The summed E-state index contributed by atoms with van der Waals surface area (Å²) in [6.07, 6.45) is 3.56. The maximum absolute atomic E-state index is 12.2. The molecular weight excluding hydrogens is 478 g/mol. The maximum Gasteiger partial charge on any atom is 0.315 e. The maximum atomic E-state index is 12.2. The first kappa shape index (κ1) is 22.8. The molecule has 13 nitrogen and oxygen atoms in total. The topological polar surface area (TPSA) is 187 Å². The van der Waals surface area contributed by atoms with E-state index in [-0.39, 0.29) is 42.9 Å². The molecule has 3 aliphatic heterocycles. The number of ether oxygens (including phenoxy) is 2. The number of aliphatic hydroxyl groups is 2. The van der Waals surface area contributed by atoms with Gasteiger partial charge in [-0.2, -0.15) is 11.8 Å². The van der Waals surface area contributed by atoms with Gasteiger partial charge in [-0.1, -0.05) is 6.42 Å². The molecule has 0 radical (unpaired) electrons. The second-order valence-corrected chi connectivity index (χ2v) is 10.8. The van der Waals surface area contributed by atoms with Crippen molar-refractivity contribution in [3.05, 3.63) is 12.7 Å². The van der Waals surface area contributed by atoms with Crippen LogP contribution in [0.3, 0.4) is 0 Å². The highest BCUT2D eigenvalue weighted by atomic mass is 32.2. The number of unbranched alkanes of at least 4 members (excludes halogenated alkanes) is 1. The quantitative estimate of drug-likeness (QED) is 0.177. The van der Waals surface area contributed by atoms with E-state index in [1.54, 1.807) is 0 Å². The third-order valence-corrected chi connectivity index (χ3v) is 8.95. The number of nitrogens with zero attached hydrogens (tertiary/aromatic N) is 4. The van der Waals surface area contributed by atoms with E-state index in [2.05, 4.69) is 25.6 Å². The Morgan fingerprint density at radius 2 is 2.20 bits per heavy atom. The van der Waals surface area contributed by atoms with Gasteiger partial charge in [-0.05, 0) is 12.8 Å². The van der Waals surface area contributed by atoms with Crippen molar-refractivity contribution in [3.63, 3.8) is 0 Å². The number of rotatable bonds is 8. The molecule has 2 aromatic heterocycles. The van der Waals surface area contributed by atoms with E-state index < -0.39 is 30.0 Å². The summed E-state index contributed by atoms with van der Waals surface area (Å²) < 4.78 is 12.7. The van der Waals surface area contributed by atoms with Gasteiger partial charge in [0.05, 0.1) is 36.9 Å². The summed E-state index contributed by atoms with van der Waals surface area (Å²) >= 11 is 1.85. The fraction of sp³-hybridized carbons (Fsp3) is 0.667. The van der Waals surface area contributed by atoms with Crippen molar-refractivity contribution in [1.29, 1.82) is 0 Å². The lowest BCUT2D eigenvalue weighted by Crippen LogP contribution is -2.36. The number of anilines is 1. The first-order valence-corrected chi connectivity index (χ1v) is 12.8. The molecule has 1 aliphatic carbocycles. The van der Waals surface area contributed by atoms with E-state index in [9.17, 15) is 19.8 Å². The SMILES string of the molecule is Nc1ncnc2c1ncn2[C@@H]1OC2(O)C(COC(=O)CCCC[C@@H]3SC[C@@H]4NC(=O)N[C@@H]43)C2C1O. The van der Waals surface area contributed by atoms with Gasteiger partial charge in [-0.15, -0.1) is 0 Å². The average Bonchev–Trinajstić information content (AvgIpc) is 3.31. The van der Waals surface area contributed by atoms with Crippen LogP contribution in [-0.2, 0) is 14.3 Å². The van der Waals surface area contributed by atoms with Gasteiger partial charge in [0.15, 0.2) is 23.5 Å². The zero-order valence-electron chi connectivity index (χ0n) is 18.7. The number of fused-ring (bicyclic) bond motifs is 3. The van der Waals surface area contributed by atoms with Gasteiger partial charge in [-0.3, -0.25) is 9.36 Å². The summed E-state index contributed by atoms with van der Waals surface area (Å²) in [5.74, 6) is -1.88. The standard InChI is InChI=1S/C21H27N7O6S/c22-17-15-18(24-7-23-17)28(8-25-15)19-16(30)13-9(21(13,32)34-19)5-33-12(29)4-2-1-3-11-14-10(6-35-11)26-20(31)27-14/h7-11,13-14,16,19,30,32H,1-6H2,(H2,22,23,24)(H2,26,27,31)/t9?,10-,11-,13?,14-,16?,19+,21?/m0/s1. The van der Waals surface area contributed by atoms with Crippen molar-refractivity contribution in [1.82, 2.24) is 30.2 Å². The number of hydrogen-bond donors (Lipinski definition) is 5. The van der Waals surface area contributed by atoms with Crippen LogP contribution in [0.1, 0.15) is 31.9 Å². The number of aromatic nitrogens is 4. The first-order valence-electron chi connectivity index (χ1n) is 11.7. The number of nitrogens with two attached hydrogens (primary N) is 1. The molecule has 4 aliphatic rings. The number of thioether (sulfide) groups is 1. The van der Waals surface area contributed by atoms with Crippen molar-refractivity contribution < 1.29 is 29.3 Å². The highest BCUT2D eigenvalue weighted by Gasteiger charge is 2.76. The van der Waals surface area contributed by atoms with Gasteiger partial charge < -0.3 is 36.1 Å². The monoisotopic (exact) mass is 505 g/mol. The molecule has 8 atom stereocenters. The molecule has 1 saturated carbocycles. The second-order valence-electron chi connectivity index (χ2n) is 9.52. The number of carbonyl (C=O) groups excluding carboxylic acids is 2. The summed E-state index contributed by atoms with van der Waals surface area (Å²) in [7, 11) is 0. The smallest absolute Gasteiger partial charge is 0.315 e. The van der Waals surface area contributed by atoms with Crippen LogP contribution in [0.2, 0.25) is 0 Å². The molecule has 0 aromatic carbocycles. The Morgan fingerprint density at radius 1 is 1.34 bits per heavy atom. The van der Waals surface area contributed by atoms with Gasteiger partial charge in [0.2, 0.25) is 0 Å². The van der Waals surface area contributed by atoms with Crippen LogP contribution in [0, 0.1) is 11.8 Å². The van der Waals surface area contributed by atoms with Crippen LogP contribution in [0.4, 0.5) is 10.6 Å². The molecule has 2 amide bonds. The fourth-order valence-corrected chi connectivity index (χ4v) is 7.09. The highest BCUT2D eigenvalue weighted by molar-refractivity contribution is 8.00. The number of esters is 1. The van der Waals surface area contributed by atoms with Gasteiger partial charge in [0, 0.05) is 17.4 Å². The molecule has 3 saturated heterocycles. The van der Waals surface area contributed by atoms with Crippen LogP contribution in [0.5, 0.6) is 0 Å². The van der Waals surface area contributed by atoms with E-state index in [1.165, 1.54) is 17.2 Å². The Bertz CT molecular complexity index is 1160. The lowest BCUT2D eigenvalue weighted by Gasteiger charge is -2.22. The molecule has 6 N–H and O–H groups in total. The molecule has 188 valence electrons. The Balaban J connectivity index is 0.952. The Hall–Kier alpha value is -2.68. The molecule has 4 fully saturated rings. The predicted octanol–water partition coefficient (Wildman–Crippen LogP) is -0.498. The number of nitrogens with one attached hydrogen (secondary N) is 2. The number of urea groups is 1. The van der Waals surface area contributed by atoms with E-state index in [4.69, 9.17) is 15.2 Å². The largest absolute Gasteiger partial charge is 0.465 e. The number of hydrogen-bond acceptors (Lipinski definition) is 11. The normalized spacial score (nSPS) is 37.1. The molecule has 35 heavy (non-hydrogen) atoms. The van der Waals surface area contributed by atoms with Crippen molar-refractivity contribution in [2.75, 3.05) is 18.1 Å². The molecule has 0 spiro atoms. The van der Waals surface area contributed by atoms with Crippen LogP contribution >= 0.6 is 11.8 Å². The number of amides is 2. The van der Waals surface area contributed by atoms with Crippen LogP contribution in [0.25, 0.3) is 11.2 Å². The zero-order chi connectivity index (χ0) is 24.3. The van der Waals surface area contributed by atoms with Crippen molar-refractivity contribution in [2.45, 2.75) is 61.1 Å². The van der Waals surface area contributed by atoms with Crippen molar-refractivity contribution >= 4 is 40.7 Å². The molecular formula is C21H27N7O6S. The Labute approximate surface area is 204 Å². The van der Waals surface area contributed by atoms with E-state index in [1.807, 2.05) is 11.8 Å². The van der Waals surface area contributed by atoms with Crippen LogP contribution in [0.15, 0.2) is 12.7 Å². The summed E-state index contributed by atoms with van der Waals surface area (Å²) in [6.45, 7) is -0.0243. The van der Waals surface area contributed by atoms with E-state index in [0.717, 1.165) is 18.6 Å². The van der Waals surface area contributed by atoms with E-state index >= 15 is 0 Å². The Morgan fingerprint density at radius 3 is 3.00 bits per heavy atom. The molecule has 5 heterocycles. The third kappa shape index (κ3) is 3.79. The van der Waals surface area contributed by atoms with Gasteiger partial charge in [0.1, 0.15) is 17.9 Å². The minimum Gasteiger partial charge on any atom is -0.465 e. The lowest BCUT2D eigenvalue weighted by molar-refractivity contribution is -0.185. The van der Waals surface area contributed by atoms with Gasteiger partial charge in [0.25, 0.3) is 0 Å². The number of aliphatic hydroxyl groups excluding tert-OH is 1. The molecule has 6 rings (SSSR count). The lowest BCUT2D eigenvalue weighted by atomic mass is 10.0. The summed E-state index contributed by atoms with van der Waals surface area (Å²) in [6, 6.07) is 0.259.